The number of nitrogens with zero attached hydrogens (tertiary/aromatic N) is 1. The van der Waals surface area contributed by atoms with E-state index >= 15 is 0 Å². The molecule has 0 bridgehead atoms. The maximum Gasteiger partial charge on any atom is 0.123 e. The summed E-state index contributed by atoms with van der Waals surface area (Å²) in [7, 11) is 0. The number of hydrogen-bond donors (Lipinski definition) is 2. The Morgan fingerprint density at radius 3 is 2.76 bits per heavy atom. The molecule has 5 nitrogen and oxygen atoms in total. The number of ether oxygens (including phenoxy) is 2. The number of benzene rings is 1. The summed E-state index contributed by atoms with van der Waals surface area (Å²) in [5.41, 5.74) is 1.11. The third-order valence-corrected chi connectivity index (χ3v) is 4.96. The van der Waals surface area contributed by atoms with E-state index in [0.717, 1.165) is 49.0 Å². The summed E-state index contributed by atoms with van der Waals surface area (Å²) in [6.45, 7) is 9.45. The highest BCUT2D eigenvalue weighted by molar-refractivity contribution is 7.99. The predicted octanol–water partition coefficient (Wildman–Crippen LogP) is 1.99. The molecule has 1 aromatic carbocycles. The van der Waals surface area contributed by atoms with Crippen molar-refractivity contribution in [1.29, 1.82) is 0 Å². The summed E-state index contributed by atoms with van der Waals surface area (Å²) >= 11 is 1.98. The highest BCUT2D eigenvalue weighted by Gasteiger charge is 2.15. The molecule has 0 radical (unpaired) electrons. The molecule has 1 aromatic rings. The number of thioether (sulfide) groups is 1. The molecule has 1 atom stereocenters. The summed E-state index contributed by atoms with van der Waals surface area (Å²) in [6, 6.07) is 8.00. The molecule has 1 heterocycles. The van der Waals surface area contributed by atoms with Crippen molar-refractivity contribution in [3.05, 3.63) is 29.8 Å². The number of hydrogen-bond acceptors (Lipinski definition) is 6. The van der Waals surface area contributed by atoms with Crippen molar-refractivity contribution in [1.82, 2.24) is 10.2 Å². The van der Waals surface area contributed by atoms with Crippen molar-refractivity contribution in [3.8, 4) is 5.75 Å². The first-order valence-corrected chi connectivity index (χ1v) is 10.3. The lowest BCUT2D eigenvalue weighted by Crippen LogP contribution is -2.40. The molecule has 0 amide bonds. The van der Waals surface area contributed by atoms with Gasteiger partial charge in [-0.2, -0.15) is 11.8 Å². The van der Waals surface area contributed by atoms with Gasteiger partial charge < -0.3 is 19.9 Å². The second kappa shape index (κ2) is 11.8. The summed E-state index contributed by atoms with van der Waals surface area (Å²) in [5, 5.41) is 13.6. The van der Waals surface area contributed by atoms with Crippen LogP contribution in [0.1, 0.15) is 19.4 Å². The van der Waals surface area contributed by atoms with E-state index in [-0.39, 0.29) is 6.10 Å². The Hall–Kier alpha value is -0.790. The molecule has 1 saturated heterocycles. The molecular formula is C19H32N2O3S. The van der Waals surface area contributed by atoms with E-state index < -0.39 is 6.10 Å². The molecule has 0 saturated carbocycles. The van der Waals surface area contributed by atoms with Crippen molar-refractivity contribution in [2.75, 3.05) is 50.9 Å². The lowest BCUT2D eigenvalue weighted by molar-refractivity contribution is 0.0710. The highest BCUT2D eigenvalue weighted by Crippen LogP contribution is 2.18. The molecule has 1 aliphatic heterocycles. The topological polar surface area (TPSA) is 54.0 Å². The van der Waals surface area contributed by atoms with E-state index in [1.807, 2.05) is 43.8 Å². The third kappa shape index (κ3) is 8.42. The van der Waals surface area contributed by atoms with E-state index in [4.69, 9.17) is 9.47 Å². The maximum atomic E-state index is 10.2. The maximum absolute atomic E-state index is 10.2. The molecule has 0 aliphatic carbocycles. The molecule has 0 aromatic heterocycles. The van der Waals surface area contributed by atoms with Gasteiger partial charge in [-0.05, 0) is 19.9 Å². The Balaban J connectivity index is 1.71. The zero-order valence-corrected chi connectivity index (χ0v) is 16.3. The monoisotopic (exact) mass is 368 g/mol. The lowest BCUT2D eigenvalue weighted by atomic mass is 10.2. The van der Waals surface area contributed by atoms with Crippen LogP contribution in [0.4, 0.5) is 0 Å². The molecule has 6 heteroatoms. The van der Waals surface area contributed by atoms with Crippen LogP contribution in [0.15, 0.2) is 24.3 Å². The standard InChI is InChI=1S/C19H32N2O3S/c1-16(2)23-10-7-20-13-17-5-3-4-6-19(17)24-15-18(22)14-21-8-11-25-12-9-21/h3-6,16,18,20,22H,7-15H2,1-2H3. The Morgan fingerprint density at radius 2 is 2.00 bits per heavy atom. The van der Waals surface area contributed by atoms with E-state index in [0.29, 0.717) is 19.8 Å². The van der Waals surface area contributed by atoms with Gasteiger partial charge in [0, 0.05) is 49.8 Å². The largest absolute Gasteiger partial charge is 0.491 e. The summed E-state index contributed by atoms with van der Waals surface area (Å²) in [5.74, 6) is 3.15. The minimum Gasteiger partial charge on any atom is -0.491 e. The van der Waals surface area contributed by atoms with Gasteiger partial charge in [0.2, 0.25) is 0 Å². The van der Waals surface area contributed by atoms with Gasteiger partial charge in [0.25, 0.3) is 0 Å². The van der Waals surface area contributed by atoms with Crippen molar-refractivity contribution < 1.29 is 14.6 Å². The van der Waals surface area contributed by atoms with Gasteiger partial charge >= 0.3 is 0 Å². The molecule has 25 heavy (non-hydrogen) atoms. The fourth-order valence-corrected chi connectivity index (χ4v) is 3.68. The minimum absolute atomic E-state index is 0.261. The van der Waals surface area contributed by atoms with Gasteiger partial charge in [-0.1, -0.05) is 18.2 Å². The second-order valence-corrected chi connectivity index (χ2v) is 7.81. The van der Waals surface area contributed by atoms with E-state index in [2.05, 4.69) is 16.3 Å². The van der Waals surface area contributed by atoms with Crippen molar-refractivity contribution in [3.63, 3.8) is 0 Å². The number of β-amino-alcohol motifs (C(OH)–C–C–N with tert-alkyl or cyclic N) is 1. The van der Waals surface area contributed by atoms with E-state index in [1.54, 1.807) is 0 Å². The fourth-order valence-electron chi connectivity index (χ4n) is 2.70. The zero-order valence-electron chi connectivity index (χ0n) is 15.4. The van der Waals surface area contributed by atoms with Crippen molar-refractivity contribution in [2.24, 2.45) is 0 Å². The lowest BCUT2D eigenvalue weighted by Gasteiger charge is -2.28. The van der Waals surface area contributed by atoms with Crippen LogP contribution in [-0.4, -0.2) is 73.1 Å². The van der Waals surface area contributed by atoms with Gasteiger partial charge in [0.05, 0.1) is 12.7 Å². The van der Waals surface area contributed by atoms with Crippen LogP contribution < -0.4 is 10.1 Å². The average molecular weight is 369 g/mol. The fraction of sp³-hybridized carbons (Fsp3) is 0.684. The highest BCUT2D eigenvalue weighted by atomic mass is 32.2. The molecule has 0 spiro atoms. The number of nitrogens with one attached hydrogen (secondary N) is 1. The molecule has 142 valence electrons. The summed E-state index contributed by atoms with van der Waals surface area (Å²) < 4.78 is 11.4. The first-order chi connectivity index (χ1) is 12.1. The van der Waals surface area contributed by atoms with Crippen LogP contribution in [0, 0.1) is 0 Å². The van der Waals surface area contributed by atoms with Crippen molar-refractivity contribution >= 4 is 11.8 Å². The number of aliphatic hydroxyl groups excluding tert-OH is 1. The number of rotatable bonds is 11. The SMILES string of the molecule is CC(C)OCCNCc1ccccc1OCC(O)CN1CCSCC1. The number of para-hydroxylation sites is 1. The van der Waals surface area contributed by atoms with Crippen LogP contribution in [0.2, 0.25) is 0 Å². The van der Waals surface area contributed by atoms with Crippen LogP contribution >= 0.6 is 11.8 Å². The Morgan fingerprint density at radius 1 is 1.24 bits per heavy atom. The molecule has 2 rings (SSSR count). The van der Waals surface area contributed by atoms with Crippen LogP contribution in [0.25, 0.3) is 0 Å². The first kappa shape index (κ1) is 20.5. The van der Waals surface area contributed by atoms with Crippen LogP contribution in [0.3, 0.4) is 0 Å². The Kier molecular flexibility index (Phi) is 9.65. The Labute approximate surface area is 156 Å². The predicted molar refractivity (Wildman–Crippen MR) is 105 cm³/mol. The zero-order chi connectivity index (χ0) is 17.9. The summed E-state index contributed by atoms with van der Waals surface area (Å²) in [6.07, 6.45) is -0.194. The van der Waals surface area contributed by atoms with Gasteiger partial charge in [0.15, 0.2) is 0 Å². The molecule has 1 aliphatic rings. The van der Waals surface area contributed by atoms with Gasteiger partial charge in [-0.3, -0.25) is 4.90 Å². The molecule has 1 unspecified atom stereocenters. The first-order valence-electron chi connectivity index (χ1n) is 9.16. The van der Waals surface area contributed by atoms with Gasteiger partial charge in [0.1, 0.15) is 18.5 Å². The van der Waals surface area contributed by atoms with Crippen molar-refractivity contribution in [2.45, 2.75) is 32.6 Å². The van der Waals surface area contributed by atoms with E-state index in [1.165, 1.54) is 0 Å². The Bertz CT molecular complexity index is 481. The number of aliphatic hydroxyl groups is 1. The molecule has 2 N–H and O–H groups in total. The van der Waals surface area contributed by atoms with E-state index in [9.17, 15) is 5.11 Å². The normalized spacial score (nSPS) is 17.0. The second-order valence-electron chi connectivity index (χ2n) is 6.58. The van der Waals surface area contributed by atoms with Crippen LogP contribution in [0.5, 0.6) is 5.75 Å². The quantitative estimate of drug-likeness (QED) is 0.583. The smallest absolute Gasteiger partial charge is 0.123 e. The third-order valence-electron chi connectivity index (χ3n) is 4.02. The average Bonchev–Trinajstić information content (AvgIpc) is 2.61. The molecular weight excluding hydrogens is 336 g/mol. The van der Waals surface area contributed by atoms with Crippen LogP contribution in [-0.2, 0) is 11.3 Å². The molecule has 1 fully saturated rings. The van der Waals surface area contributed by atoms with Gasteiger partial charge in [-0.25, -0.2) is 0 Å². The van der Waals surface area contributed by atoms with Gasteiger partial charge in [-0.15, -0.1) is 0 Å². The minimum atomic E-state index is -0.455. The summed E-state index contributed by atoms with van der Waals surface area (Å²) in [4.78, 5) is 2.31.